The van der Waals surface area contributed by atoms with E-state index in [2.05, 4.69) is 32.9 Å². The Bertz CT molecular complexity index is 616. The Morgan fingerprint density at radius 3 is 2.05 bits per heavy atom. The standard InChI is InChI=1S/C20H24O2/c1-20(2,3)17-10-8-16(9-11-17)19(21)14-7-15-5-12-18(22-4)13-6-15/h5-6,8-13H,7,14H2,1-4H3. The molecule has 116 valence electrons. The molecule has 0 saturated carbocycles. The molecule has 0 amide bonds. The summed E-state index contributed by atoms with van der Waals surface area (Å²) in [6, 6.07) is 15.9. The van der Waals surface area contributed by atoms with Gasteiger partial charge >= 0.3 is 0 Å². The molecule has 0 fully saturated rings. The van der Waals surface area contributed by atoms with Crippen molar-refractivity contribution in [1.82, 2.24) is 0 Å². The average molecular weight is 296 g/mol. The van der Waals surface area contributed by atoms with Gasteiger partial charge in [-0.15, -0.1) is 0 Å². The first-order valence-electron chi connectivity index (χ1n) is 7.67. The number of ether oxygens (including phenoxy) is 1. The lowest BCUT2D eigenvalue weighted by Crippen LogP contribution is -2.11. The Morgan fingerprint density at radius 1 is 0.955 bits per heavy atom. The van der Waals surface area contributed by atoms with Gasteiger partial charge in [0.05, 0.1) is 7.11 Å². The smallest absolute Gasteiger partial charge is 0.163 e. The van der Waals surface area contributed by atoms with Crippen molar-refractivity contribution in [3.05, 3.63) is 65.2 Å². The third kappa shape index (κ3) is 4.20. The summed E-state index contributed by atoms with van der Waals surface area (Å²) in [4.78, 5) is 12.3. The van der Waals surface area contributed by atoms with Gasteiger partial charge in [0.2, 0.25) is 0 Å². The normalized spacial score (nSPS) is 11.3. The van der Waals surface area contributed by atoms with Gasteiger partial charge in [0, 0.05) is 12.0 Å². The van der Waals surface area contributed by atoms with Crippen LogP contribution in [0.1, 0.15) is 48.7 Å². The largest absolute Gasteiger partial charge is 0.497 e. The molecule has 0 aliphatic rings. The number of benzene rings is 2. The maximum absolute atomic E-state index is 12.3. The van der Waals surface area contributed by atoms with E-state index in [1.165, 1.54) is 5.56 Å². The van der Waals surface area contributed by atoms with Crippen LogP contribution in [0.3, 0.4) is 0 Å². The number of methoxy groups -OCH3 is 1. The monoisotopic (exact) mass is 296 g/mol. The summed E-state index contributed by atoms with van der Waals surface area (Å²) in [5.41, 5.74) is 3.31. The van der Waals surface area contributed by atoms with Gasteiger partial charge in [0.25, 0.3) is 0 Å². The minimum atomic E-state index is 0.116. The first-order chi connectivity index (χ1) is 10.4. The summed E-state index contributed by atoms with van der Waals surface area (Å²) >= 11 is 0. The quantitative estimate of drug-likeness (QED) is 0.740. The molecule has 2 aromatic rings. The molecule has 0 aliphatic heterocycles. The summed E-state index contributed by atoms with van der Waals surface area (Å²) < 4.78 is 5.14. The van der Waals surface area contributed by atoms with Crippen LogP contribution >= 0.6 is 0 Å². The third-order valence-electron chi connectivity index (χ3n) is 3.87. The van der Waals surface area contributed by atoms with Crippen molar-refractivity contribution in [2.45, 2.75) is 39.0 Å². The van der Waals surface area contributed by atoms with Gasteiger partial charge in [-0.25, -0.2) is 0 Å². The molecular formula is C20H24O2. The average Bonchev–Trinajstić information content (AvgIpc) is 2.52. The van der Waals surface area contributed by atoms with Crippen LogP contribution in [-0.4, -0.2) is 12.9 Å². The van der Waals surface area contributed by atoms with Crippen molar-refractivity contribution >= 4 is 5.78 Å². The van der Waals surface area contributed by atoms with E-state index in [0.29, 0.717) is 6.42 Å². The van der Waals surface area contributed by atoms with Crippen LogP contribution in [-0.2, 0) is 11.8 Å². The SMILES string of the molecule is COc1ccc(CCC(=O)c2ccc(C(C)(C)C)cc2)cc1. The van der Waals surface area contributed by atoms with Gasteiger partial charge in [-0.3, -0.25) is 4.79 Å². The number of carbonyl (C=O) groups excluding carboxylic acids is 1. The van der Waals surface area contributed by atoms with Crippen molar-refractivity contribution < 1.29 is 9.53 Å². The van der Waals surface area contributed by atoms with Crippen LogP contribution in [0.5, 0.6) is 5.75 Å². The van der Waals surface area contributed by atoms with Crippen LogP contribution < -0.4 is 4.74 Å². The Labute approximate surface area is 133 Å². The zero-order valence-corrected chi connectivity index (χ0v) is 13.8. The molecule has 2 nitrogen and oxygen atoms in total. The van der Waals surface area contributed by atoms with Crippen molar-refractivity contribution in [3.63, 3.8) is 0 Å². The first kappa shape index (κ1) is 16.3. The van der Waals surface area contributed by atoms with Gasteiger partial charge in [0.1, 0.15) is 5.75 Å². The van der Waals surface area contributed by atoms with Crippen LogP contribution in [0.25, 0.3) is 0 Å². The van der Waals surface area contributed by atoms with Crippen LogP contribution in [0, 0.1) is 0 Å². The molecule has 0 N–H and O–H groups in total. The zero-order chi connectivity index (χ0) is 16.2. The predicted octanol–water partition coefficient (Wildman–Crippen LogP) is 4.81. The van der Waals surface area contributed by atoms with E-state index in [-0.39, 0.29) is 11.2 Å². The van der Waals surface area contributed by atoms with Crippen molar-refractivity contribution in [1.29, 1.82) is 0 Å². The maximum atomic E-state index is 12.3. The Hall–Kier alpha value is -2.09. The molecule has 22 heavy (non-hydrogen) atoms. The Balaban J connectivity index is 1.97. The number of Topliss-reactive ketones (excluding diaryl/α,β-unsaturated/α-hetero) is 1. The second-order valence-electron chi connectivity index (χ2n) is 6.60. The van der Waals surface area contributed by atoms with Crippen molar-refractivity contribution in [2.24, 2.45) is 0 Å². The number of ketones is 1. The summed E-state index contributed by atoms with van der Waals surface area (Å²) in [7, 11) is 1.65. The molecule has 0 aliphatic carbocycles. The lowest BCUT2D eigenvalue weighted by Gasteiger charge is -2.19. The van der Waals surface area contributed by atoms with Crippen LogP contribution in [0.15, 0.2) is 48.5 Å². The molecular weight excluding hydrogens is 272 g/mol. The molecule has 2 rings (SSSR count). The van der Waals surface area contributed by atoms with E-state index in [1.54, 1.807) is 7.11 Å². The zero-order valence-electron chi connectivity index (χ0n) is 13.8. The molecule has 0 spiro atoms. The van der Waals surface area contributed by atoms with Gasteiger partial charge in [-0.05, 0) is 35.1 Å². The lowest BCUT2D eigenvalue weighted by molar-refractivity contribution is 0.0983. The van der Waals surface area contributed by atoms with E-state index in [4.69, 9.17) is 4.74 Å². The summed E-state index contributed by atoms with van der Waals surface area (Å²) in [5, 5.41) is 0. The predicted molar refractivity (Wildman–Crippen MR) is 90.8 cm³/mol. The summed E-state index contributed by atoms with van der Waals surface area (Å²) in [6.45, 7) is 6.52. The molecule has 0 heterocycles. The van der Waals surface area contributed by atoms with Crippen LogP contribution in [0.4, 0.5) is 0 Å². The van der Waals surface area contributed by atoms with Gasteiger partial charge in [-0.2, -0.15) is 0 Å². The van der Waals surface area contributed by atoms with Gasteiger partial charge in [-0.1, -0.05) is 57.2 Å². The lowest BCUT2D eigenvalue weighted by atomic mass is 9.86. The molecule has 0 radical (unpaired) electrons. The number of rotatable bonds is 5. The Morgan fingerprint density at radius 2 is 1.55 bits per heavy atom. The second-order valence-corrected chi connectivity index (χ2v) is 6.60. The fraction of sp³-hybridized carbons (Fsp3) is 0.350. The second kappa shape index (κ2) is 6.78. The molecule has 0 bridgehead atoms. The van der Waals surface area contributed by atoms with Crippen LogP contribution in [0.2, 0.25) is 0 Å². The maximum Gasteiger partial charge on any atom is 0.163 e. The Kier molecular flexibility index (Phi) is 5.02. The third-order valence-corrected chi connectivity index (χ3v) is 3.87. The minimum Gasteiger partial charge on any atom is -0.497 e. The highest BCUT2D eigenvalue weighted by molar-refractivity contribution is 5.96. The number of hydrogen-bond donors (Lipinski definition) is 0. The molecule has 0 aromatic heterocycles. The molecule has 0 atom stereocenters. The van der Waals surface area contributed by atoms with E-state index >= 15 is 0 Å². The van der Waals surface area contributed by atoms with Gasteiger partial charge < -0.3 is 4.74 Å². The highest BCUT2D eigenvalue weighted by Crippen LogP contribution is 2.22. The molecule has 2 heteroatoms. The number of aryl methyl sites for hydroxylation is 1. The first-order valence-corrected chi connectivity index (χ1v) is 7.67. The van der Waals surface area contributed by atoms with E-state index in [0.717, 1.165) is 23.3 Å². The highest BCUT2D eigenvalue weighted by atomic mass is 16.5. The minimum absolute atomic E-state index is 0.116. The number of hydrogen-bond acceptors (Lipinski definition) is 2. The fourth-order valence-corrected chi connectivity index (χ4v) is 2.35. The molecule has 0 unspecified atom stereocenters. The molecule has 2 aromatic carbocycles. The van der Waals surface area contributed by atoms with Crippen molar-refractivity contribution in [3.8, 4) is 5.75 Å². The van der Waals surface area contributed by atoms with Gasteiger partial charge in [0.15, 0.2) is 5.78 Å². The van der Waals surface area contributed by atoms with Crippen molar-refractivity contribution in [2.75, 3.05) is 7.11 Å². The van der Waals surface area contributed by atoms with E-state index < -0.39 is 0 Å². The van der Waals surface area contributed by atoms with E-state index in [9.17, 15) is 4.79 Å². The summed E-state index contributed by atoms with van der Waals surface area (Å²) in [5.74, 6) is 1.03. The fourth-order valence-electron chi connectivity index (χ4n) is 2.35. The molecule has 0 saturated heterocycles. The number of carbonyl (C=O) groups is 1. The highest BCUT2D eigenvalue weighted by Gasteiger charge is 2.14. The topological polar surface area (TPSA) is 26.3 Å². The van der Waals surface area contributed by atoms with E-state index in [1.807, 2.05) is 36.4 Å². The summed E-state index contributed by atoms with van der Waals surface area (Å²) in [6.07, 6.45) is 1.28.